The summed E-state index contributed by atoms with van der Waals surface area (Å²) in [4.78, 5) is 20.9. The lowest BCUT2D eigenvalue weighted by atomic mass is 9.99. The van der Waals surface area contributed by atoms with Crippen LogP contribution in [0, 0.1) is 22.0 Å². The van der Waals surface area contributed by atoms with Crippen molar-refractivity contribution in [3.63, 3.8) is 0 Å². The van der Waals surface area contributed by atoms with Crippen molar-refractivity contribution in [1.29, 1.82) is 0 Å². The highest BCUT2D eigenvalue weighted by Gasteiger charge is 2.41. The predicted octanol–water partition coefficient (Wildman–Crippen LogP) is 0.998. The smallest absolute Gasteiger partial charge is 0.325 e. The average Bonchev–Trinajstić information content (AvgIpc) is 2.94. The second kappa shape index (κ2) is 5.11. The van der Waals surface area contributed by atoms with Crippen molar-refractivity contribution in [1.82, 2.24) is 4.31 Å². The van der Waals surface area contributed by atoms with Gasteiger partial charge in [-0.1, -0.05) is 6.92 Å². The van der Waals surface area contributed by atoms with Gasteiger partial charge in [-0.25, -0.2) is 8.42 Å². The average molecular weight is 320 g/mol. The van der Waals surface area contributed by atoms with Crippen molar-refractivity contribution in [2.75, 3.05) is 13.1 Å². The van der Waals surface area contributed by atoms with Gasteiger partial charge in [0.05, 0.1) is 10.8 Å². The van der Waals surface area contributed by atoms with Crippen molar-refractivity contribution in [2.45, 2.75) is 11.1 Å². The second-order valence-electron chi connectivity index (χ2n) is 4.59. The Hall–Kier alpha value is -1.52. The SMILES string of the molecule is C[C@@H]1CN(S(=O)(=O)c2ccc([N+](=O)[O-])s2)C[C@H]1C(=O)O. The first-order valence-corrected chi connectivity index (χ1v) is 7.96. The zero-order valence-electron chi connectivity index (χ0n) is 10.4. The Bertz CT molecular complexity index is 652. The summed E-state index contributed by atoms with van der Waals surface area (Å²) >= 11 is 0.569. The Morgan fingerprint density at radius 3 is 2.60 bits per heavy atom. The van der Waals surface area contributed by atoms with Gasteiger partial charge in [0, 0.05) is 19.2 Å². The maximum atomic E-state index is 12.3. The predicted molar refractivity (Wildman–Crippen MR) is 70.0 cm³/mol. The van der Waals surface area contributed by atoms with Gasteiger partial charge in [-0.15, -0.1) is 0 Å². The van der Waals surface area contributed by atoms with Crippen LogP contribution < -0.4 is 0 Å². The van der Waals surface area contributed by atoms with E-state index < -0.39 is 26.8 Å². The molecular formula is C10H12N2O6S2. The number of carboxylic acid groups (broad SMARTS) is 1. The molecule has 1 aliphatic heterocycles. The molecule has 2 atom stereocenters. The van der Waals surface area contributed by atoms with Crippen LogP contribution >= 0.6 is 11.3 Å². The molecule has 0 spiro atoms. The van der Waals surface area contributed by atoms with E-state index in [1.54, 1.807) is 6.92 Å². The summed E-state index contributed by atoms with van der Waals surface area (Å²) in [5.41, 5.74) is 0. The van der Waals surface area contributed by atoms with E-state index in [-0.39, 0.29) is 28.2 Å². The Balaban J connectivity index is 2.27. The molecule has 1 saturated heterocycles. The van der Waals surface area contributed by atoms with Gasteiger partial charge in [-0.3, -0.25) is 14.9 Å². The van der Waals surface area contributed by atoms with E-state index in [1.807, 2.05) is 0 Å². The third-order valence-electron chi connectivity index (χ3n) is 3.24. The van der Waals surface area contributed by atoms with E-state index in [2.05, 4.69) is 0 Å². The summed E-state index contributed by atoms with van der Waals surface area (Å²) in [6.45, 7) is 1.67. The highest BCUT2D eigenvalue weighted by atomic mass is 32.2. The molecule has 2 heterocycles. The lowest BCUT2D eigenvalue weighted by Gasteiger charge is -2.14. The van der Waals surface area contributed by atoms with Gasteiger partial charge >= 0.3 is 11.0 Å². The number of rotatable bonds is 4. The number of hydrogen-bond acceptors (Lipinski definition) is 6. The van der Waals surface area contributed by atoms with Crippen LogP contribution in [0.3, 0.4) is 0 Å². The number of aliphatic carboxylic acids is 1. The topological polar surface area (TPSA) is 118 Å². The van der Waals surface area contributed by atoms with Gasteiger partial charge < -0.3 is 5.11 Å². The minimum Gasteiger partial charge on any atom is -0.481 e. The zero-order valence-corrected chi connectivity index (χ0v) is 12.1. The third kappa shape index (κ3) is 2.53. The molecule has 110 valence electrons. The van der Waals surface area contributed by atoms with Crippen LogP contribution in [0.25, 0.3) is 0 Å². The molecule has 0 unspecified atom stereocenters. The van der Waals surface area contributed by atoms with Crippen LogP contribution in [0.4, 0.5) is 5.00 Å². The first kappa shape index (κ1) is 14.9. The van der Waals surface area contributed by atoms with Gasteiger partial charge in [-0.05, 0) is 23.3 Å². The zero-order chi connectivity index (χ0) is 15.1. The fourth-order valence-corrected chi connectivity index (χ4v) is 4.94. The molecule has 1 aliphatic rings. The first-order valence-electron chi connectivity index (χ1n) is 5.70. The molecule has 1 aromatic rings. The summed E-state index contributed by atoms with van der Waals surface area (Å²) in [5, 5.41) is 19.3. The van der Waals surface area contributed by atoms with Crippen LogP contribution in [-0.4, -0.2) is 41.8 Å². The van der Waals surface area contributed by atoms with Gasteiger partial charge in [0.15, 0.2) is 0 Å². The molecule has 2 rings (SSSR count). The monoisotopic (exact) mass is 320 g/mol. The van der Waals surface area contributed by atoms with Crippen molar-refractivity contribution in [3.05, 3.63) is 22.2 Å². The van der Waals surface area contributed by atoms with E-state index in [0.29, 0.717) is 11.3 Å². The minimum atomic E-state index is -3.87. The standard InChI is InChI=1S/C10H12N2O6S2/c1-6-4-11(5-7(6)10(13)14)20(17,18)9-3-2-8(19-9)12(15)16/h2-3,6-7H,4-5H2,1H3,(H,13,14)/t6-,7-/m1/s1. The van der Waals surface area contributed by atoms with Gasteiger partial charge in [0.25, 0.3) is 10.0 Å². The van der Waals surface area contributed by atoms with Gasteiger partial charge in [0.1, 0.15) is 4.21 Å². The Labute approximate surface area is 118 Å². The largest absolute Gasteiger partial charge is 0.481 e. The fraction of sp³-hybridized carbons (Fsp3) is 0.500. The Morgan fingerprint density at radius 1 is 1.50 bits per heavy atom. The first-order chi connectivity index (χ1) is 9.23. The number of thiophene rings is 1. The lowest BCUT2D eigenvalue weighted by Crippen LogP contribution is -2.29. The van der Waals surface area contributed by atoms with E-state index in [9.17, 15) is 23.3 Å². The molecule has 0 saturated carbocycles. The van der Waals surface area contributed by atoms with Crippen LogP contribution in [-0.2, 0) is 14.8 Å². The highest BCUT2D eigenvalue weighted by Crippen LogP contribution is 2.33. The summed E-state index contributed by atoms with van der Waals surface area (Å²) in [7, 11) is -3.87. The van der Waals surface area contributed by atoms with Crippen LogP contribution in [0.2, 0.25) is 0 Å². The minimum absolute atomic E-state index is 0.102. The van der Waals surface area contributed by atoms with Crippen molar-refractivity contribution >= 4 is 32.3 Å². The number of nitrogens with zero attached hydrogens (tertiary/aromatic N) is 2. The summed E-state index contributed by atoms with van der Waals surface area (Å²) in [6.07, 6.45) is 0. The number of sulfonamides is 1. The molecular weight excluding hydrogens is 308 g/mol. The molecule has 20 heavy (non-hydrogen) atoms. The molecule has 1 fully saturated rings. The second-order valence-corrected chi connectivity index (χ2v) is 7.82. The van der Waals surface area contributed by atoms with Crippen molar-refractivity contribution in [3.8, 4) is 0 Å². The molecule has 10 heteroatoms. The van der Waals surface area contributed by atoms with E-state index in [1.165, 1.54) is 6.07 Å². The Kier molecular flexibility index (Phi) is 3.80. The molecule has 0 amide bonds. The van der Waals surface area contributed by atoms with E-state index in [0.717, 1.165) is 10.4 Å². The summed E-state index contributed by atoms with van der Waals surface area (Å²) in [6, 6.07) is 2.31. The molecule has 0 aromatic carbocycles. The van der Waals surface area contributed by atoms with E-state index >= 15 is 0 Å². The lowest BCUT2D eigenvalue weighted by molar-refractivity contribution is -0.380. The molecule has 8 nitrogen and oxygen atoms in total. The summed E-state index contributed by atoms with van der Waals surface area (Å²) in [5.74, 6) is -2.08. The maximum absolute atomic E-state index is 12.3. The summed E-state index contributed by atoms with van der Waals surface area (Å²) < 4.78 is 25.5. The molecule has 0 aliphatic carbocycles. The Morgan fingerprint density at radius 2 is 2.15 bits per heavy atom. The van der Waals surface area contributed by atoms with Crippen molar-refractivity contribution in [2.24, 2.45) is 11.8 Å². The van der Waals surface area contributed by atoms with Gasteiger partial charge in [-0.2, -0.15) is 4.31 Å². The van der Waals surface area contributed by atoms with Crippen LogP contribution in [0.15, 0.2) is 16.3 Å². The number of carbonyl (C=O) groups is 1. The molecule has 1 N–H and O–H groups in total. The molecule has 1 aromatic heterocycles. The normalized spacial score (nSPS) is 23.9. The third-order valence-corrected chi connectivity index (χ3v) is 6.57. The van der Waals surface area contributed by atoms with Gasteiger partial charge in [0.2, 0.25) is 0 Å². The number of hydrogen-bond donors (Lipinski definition) is 1. The molecule has 0 radical (unpaired) electrons. The molecule has 0 bridgehead atoms. The maximum Gasteiger partial charge on any atom is 0.325 e. The van der Waals surface area contributed by atoms with Crippen molar-refractivity contribution < 1.29 is 23.2 Å². The number of carboxylic acids is 1. The quantitative estimate of drug-likeness (QED) is 0.653. The van der Waals surface area contributed by atoms with Crippen LogP contribution in [0.1, 0.15) is 6.92 Å². The number of nitro groups is 1. The highest BCUT2D eigenvalue weighted by molar-refractivity contribution is 7.91. The van der Waals surface area contributed by atoms with E-state index in [4.69, 9.17) is 5.11 Å². The fourth-order valence-electron chi connectivity index (χ4n) is 2.11. The van der Waals surface area contributed by atoms with Crippen LogP contribution in [0.5, 0.6) is 0 Å².